The van der Waals surface area contributed by atoms with Crippen LogP contribution in [-0.4, -0.2) is 18.3 Å². The molecule has 1 aliphatic rings. The lowest BCUT2D eigenvalue weighted by molar-refractivity contribution is 0.00578. The van der Waals surface area contributed by atoms with E-state index < -0.39 is 7.12 Å². The van der Waals surface area contributed by atoms with Gasteiger partial charge < -0.3 is 9.31 Å². The van der Waals surface area contributed by atoms with Crippen LogP contribution in [0.15, 0.2) is 23.3 Å². The number of nitrogens with zero attached hydrogens (tertiary/aromatic N) is 3. The van der Waals surface area contributed by atoms with Crippen molar-refractivity contribution in [3.05, 3.63) is 34.2 Å². The molecule has 1 heterocycles. The maximum absolute atomic E-state index is 8.56. The second-order valence-corrected chi connectivity index (χ2v) is 5.82. The summed E-state index contributed by atoms with van der Waals surface area (Å²) in [4.78, 5) is 2.84. The fraction of sp³-hybridized carbons (Fsp3) is 0.538. The Morgan fingerprint density at radius 1 is 1.16 bits per heavy atom. The van der Waals surface area contributed by atoms with E-state index in [0.29, 0.717) is 5.69 Å². The number of rotatable bonds is 2. The number of benzene rings is 1. The van der Waals surface area contributed by atoms with Gasteiger partial charge in [-0.05, 0) is 51.2 Å². The normalized spacial score (nSPS) is 20.2. The van der Waals surface area contributed by atoms with Gasteiger partial charge in [-0.2, -0.15) is 0 Å². The number of hydrogen-bond donors (Lipinski definition) is 0. The second kappa shape index (κ2) is 4.56. The van der Waals surface area contributed by atoms with E-state index in [1.165, 1.54) is 0 Å². The predicted octanol–water partition coefficient (Wildman–Crippen LogP) is 3.24. The minimum atomic E-state index is -0.432. The molecule has 0 saturated carbocycles. The smallest absolute Gasteiger partial charge is 0.399 e. The summed E-state index contributed by atoms with van der Waals surface area (Å²) >= 11 is 0. The Hall–Kier alpha value is -1.49. The Bertz CT molecular complexity index is 535. The van der Waals surface area contributed by atoms with Gasteiger partial charge in [-0.1, -0.05) is 23.3 Å². The highest BCUT2D eigenvalue weighted by Gasteiger charge is 2.51. The summed E-state index contributed by atoms with van der Waals surface area (Å²) in [6.07, 6.45) is 0. The van der Waals surface area contributed by atoms with E-state index in [9.17, 15) is 0 Å². The lowest BCUT2D eigenvalue weighted by Gasteiger charge is -2.32. The Balaban J connectivity index is 2.35. The molecule has 0 amide bonds. The SMILES string of the molecule is Cc1ccc(B2OC(C)(C)C(C)(C)O2)cc1N=[N+]=[N-]. The average molecular weight is 259 g/mol. The Kier molecular flexibility index (Phi) is 3.35. The molecule has 1 aromatic rings. The molecule has 0 N–H and O–H groups in total. The molecule has 0 unspecified atom stereocenters. The number of azide groups is 1. The Morgan fingerprint density at radius 3 is 2.26 bits per heavy atom. The summed E-state index contributed by atoms with van der Waals surface area (Å²) in [6.45, 7) is 9.94. The zero-order valence-corrected chi connectivity index (χ0v) is 12.0. The van der Waals surface area contributed by atoms with Gasteiger partial charge in [0, 0.05) is 10.6 Å². The van der Waals surface area contributed by atoms with E-state index in [1.807, 2.05) is 52.8 Å². The highest BCUT2D eigenvalue weighted by Crippen LogP contribution is 2.36. The molecular formula is C13H18BN3O2. The lowest BCUT2D eigenvalue weighted by atomic mass is 9.78. The molecular weight excluding hydrogens is 241 g/mol. The molecule has 6 heteroatoms. The molecule has 19 heavy (non-hydrogen) atoms. The van der Waals surface area contributed by atoms with Crippen molar-refractivity contribution in [2.45, 2.75) is 45.8 Å². The average Bonchev–Trinajstić information content (AvgIpc) is 2.51. The molecule has 5 nitrogen and oxygen atoms in total. The first-order valence-corrected chi connectivity index (χ1v) is 6.28. The van der Waals surface area contributed by atoms with E-state index in [4.69, 9.17) is 14.8 Å². The van der Waals surface area contributed by atoms with Crippen molar-refractivity contribution < 1.29 is 9.31 Å². The van der Waals surface area contributed by atoms with Crippen LogP contribution in [0.5, 0.6) is 0 Å². The largest absolute Gasteiger partial charge is 0.494 e. The zero-order valence-electron chi connectivity index (χ0n) is 12.0. The van der Waals surface area contributed by atoms with Gasteiger partial charge in [0.05, 0.1) is 11.2 Å². The topological polar surface area (TPSA) is 67.2 Å². The van der Waals surface area contributed by atoms with E-state index >= 15 is 0 Å². The minimum absolute atomic E-state index is 0.374. The van der Waals surface area contributed by atoms with Crippen LogP contribution < -0.4 is 5.46 Å². The molecule has 0 spiro atoms. The van der Waals surface area contributed by atoms with Crippen LogP contribution in [0.1, 0.15) is 33.3 Å². The molecule has 1 saturated heterocycles. The van der Waals surface area contributed by atoms with Crippen molar-refractivity contribution in [3.8, 4) is 0 Å². The third-order valence-corrected chi connectivity index (χ3v) is 3.91. The Morgan fingerprint density at radius 2 is 1.74 bits per heavy atom. The van der Waals surface area contributed by atoms with E-state index in [2.05, 4.69) is 10.0 Å². The van der Waals surface area contributed by atoms with Crippen molar-refractivity contribution in [3.63, 3.8) is 0 Å². The minimum Gasteiger partial charge on any atom is -0.399 e. The van der Waals surface area contributed by atoms with Crippen LogP contribution in [0, 0.1) is 6.92 Å². The van der Waals surface area contributed by atoms with Gasteiger partial charge in [0.2, 0.25) is 0 Å². The summed E-state index contributed by atoms with van der Waals surface area (Å²) in [5, 5.41) is 3.68. The lowest BCUT2D eigenvalue weighted by Crippen LogP contribution is -2.41. The van der Waals surface area contributed by atoms with Crippen LogP contribution in [0.2, 0.25) is 0 Å². The zero-order chi connectivity index (χ0) is 14.3. The first kappa shape index (κ1) is 13.9. The highest BCUT2D eigenvalue weighted by atomic mass is 16.7. The van der Waals surface area contributed by atoms with Gasteiger partial charge in [0.1, 0.15) is 0 Å². The molecule has 0 bridgehead atoms. The Labute approximate surface area is 113 Å². The van der Waals surface area contributed by atoms with Crippen LogP contribution in [0.3, 0.4) is 0 Å². The first-order valence-electron chi connectivity index (χ1n) is 6.28. The van der Waals surface area contributed by atoms with Gasteiger partial charge in [-0.3, -0.25) is 0 Å². The van der Waals surface area contributed by atoms with Crippen molar-refractivity contribution >= 4 is 18.3 Å². The molecule has 0 aromatic heterocycles. The van der Waals surface area contributed by atoms with Crippen LogP contribution in [0.25, 0.3) is 10.4 Å². The van der Waals surface area contributed by atoms with E-state index in [-0.39, 0.29) is 11.2 Å². The van der Waals surface area contributed by atoms with Crippen LogP contribution in [0.4, 0.5) is 5.69 Å². The quantitative estimate of drug-likeness (QED) is 0.354. The van der Waals surface area contributed by atoms with Gasteiger partial charge in [0.25, 0.3) is 0 Å². The summed E-state index contributed by atoms with van der Waals surface area (Å²) < 4.78 is 11.9. The monoisotopic (exact) mass is 259 g/mol. The summed E-state index contributed by atoms with van der Waals surface area (Å²) in [5.74, 6) is 0. The molecule has 100 valence electrons. The van der Waals surface area contributed by atoms with Crippen molar-refractivity contribution in [2.75, 3.05) is 0 Å². The van der Waals surface area contributed by atoms with Crippen molar-refractivity contribution in [1.82, 2.24) is 0 Å². The third-order valence-electron chi connectivity index (χ3n) is 3.91. The molecule has 1 aromatic carbocycles. The summed E-state index contributed by atoms with van der Waals surface area (Å²) in [6, 6.07) is 5.66. The fourth-order valence-electron chi connectivity index (χ4n) is 1.91. The van der Waals surface area contributed by atoms with Crippen molar-refractivity contribution in [2.24, 2.45) is 5.11 Å². The van der Waals surface area contributed by atoms with Gasteiger partial charge >= 0.3 is 7.12 Å². The third kappa shape index (κ3) is 2.47. The number of aryl methyl sites for hydroxylation is 1. The molecule has 0 radical (unpaired) electrons. The van der Waals surface area contributed by atoms with E-state index in [1.54, 1.807) is 0 Å². The number of hydrogen-bond acceptors (Lipinski definition) is 3. The van der Waals surface area contributed by atoms with Gasteiger partial charge in [-0.25, -0.2) is 0 Å². The van der Waals surface area contributed by atoms with Gasteiger partial charge in [-0.15, -0.1) is 0 Å². The highest BCUT2D eigenvalue weighted by molar-refractivity contribution is 6.62. The van der Waals surface area contributed by atoms with E-state index in [0.717, 1.165) is 11.0 Å². The van der Waals surface area contributed by atoms with Gasteiger partial charge in [0.15, 0.2) is 0 Å². The molecule has 0 atom stereocenters. The maximum atomic E-state index is 8.56. The molecule has 1 aliphatic heterocycles. The first-order chi connectivity index (χ1) is 8.77. The predicted molar refractivity (Wildman–Crippen MR) is 75.7 cm³/mol. The second-order valence-electron chi connectivity index (χ2n) is 5.82. The fourth-order valence-corrected chi connectivity index (χ4v) is 1.91. The molecule has 0 aliphatic carbocycles. The van der Waals surface area contributed by atoms with Crippen LogP contribution >= 0.6 is 0 Å². The summed E-state index contributed by atoms with van der Waals surface area (Å²) in [7, 11) is -0.432. The van der Waals surface area contributed by atoms with Crippen LogP contribution in [-0.2, 0) is 9.31 Å². The maximum Gasteiger partial charge on any atom is 0.494 e. The molecule has 1 fully saturated rings. The summed E-state index contributed by atoms with van der Waals surface area (Å²) in [5.41, 5.74) is 10.2. The van der Waals surface area contributed by atoms with Crippen molar-refractivity contribution in [1.29, 1.82) is 0 Å². The standard InChI is InChI=1S/C13H18BN3O2/c1-9-6-7-10(8-11(9)16-17-15)14-18-12(2,3)13(4,5)19-14/h6-8H,1-5H3. The molecule has 2 rings (SSSR count).